The number of thioether (sulfide) groups is 1. The van der Waals surface area contributed by atoms with Crippen LogP contribution in [-0.2, 0) is 13.0 Å². The summed E-state index contributed by atoms with van der Waals surface area (Å²) in [6.07, 6.45) is 2.69. The molecule has 4 rings (SSSR count). The molecule has 0 saturated carbocycles. The fraction of sp³-hybridized carbons (Fsp3) is 0.368. The van der Waals surface area contributed by atoms with E-state index >= 15 is 0 Å². The Bertz CT molecular complexity index is 838. The summed E-state index contributed by atoms with van der Waals surface area (Å²) in [7, 11) is 0. The second-order valence-electron chi connectivity index (χ2n) is 6.13. The van der Waals surface area contributed by atoms with Crippen LogP contribution in [0.25, 0.3) is 10.2 Å². The van der Waals surface area contributed by atoms with Crippen LogP contribution >= 0.6 is 23.1 Å². The van der Waals surface area contributed by atoms with Crippen LogP contribution in [0.15, 0.2) is 36.7 Å². The molecule has 1 N–H and O–H groups in total. The van der Waals surface area contributed by atoms with Crippen LogP contribution in [0.3, 0.4) is 0 Å². The van der Waals surface area contributed by atoms with Crippen molar-refractivity contribution < 1.29 is 0 Å². The Morgan fingerprint density at radius 1 is 1.12 bits per heavy atom. The van der Waals surface area contributed by atoms with Crippen molar-refractivity contribution in [2.45, 2.75) is 19.9 Å². The molecule has 0 bridgehead atoms. The van der Waals surface area contributed by atoms with Gasteiger partial charge in [-0.25, -0.2) is 9.97 Å². The lowest BCUT2D eigenvalue weighted by atomic mass is 10.2. The number of rotatable bonds is 5. The van der Waals surface area contributed by atoms with Crippen molar-refractivity contribution in [3.63, 3.8) is 0 Å². The highest BCUT2D eigenvalue weighted by molar-refractivity contribution is 7.99. The summed E-state index contributed by atoms with van der Waals surface area (Å²) in [5, 5.41) is 4.61. The van der Waals surface area contributed by atoms with Gasteiger partial charge in [0.1, 0.15) is 17.0 Å². The van der Waals surface area contributed by atoms with Crippen molar-refractivity contribution in [1.82, 2.24) is 9.97 Å². The summed E-state index contributed by atoms with van der Waals surface area (Å²) in [5.74, 6) is 3.39. The molecule has 2 aromatic heterocycles. The van der Waals surface area contributed by atoms with Crippen LogP contribution in [0.1, 0.15) is 17.4 Å². The summed E-state index contributed by atoms with van der Waals surface area (Å²) in [4.78, 5) is 13.7. The summed E-state index contributed by atoms with van der Waals surface area (Å²) in [6, 6.07) is 11.1. The second-order valence-corrected chi connectivity index (χ2v) is 8.47. The zero-order chi connectivity index (χ0) is 17.1. The number of aromatic nitrogens is 2. The first-order valence-electron chi connectivity index (χ1n) is 8.72. The molecule has 3 heterocycles. The topological polar surface area (TPSA) is 41.0 Å². The number of fused-ring (bicyclic) bond motifs is 1. The molecule has 1 aliphatic heterocycles. The molecule has 25 heavy (non-hydrogen) atoms. The zero-order valence-electron chi connectivity index (χ0n) is 14.4. The molecule has 0 radical (unpaired) electrons. The lowest BCUT2D eigenvalue weighted by Crippen LogP contribution is -2.32. The van der Waals surface area contributed by atoms with Crippen LogP contribution in [0.2, 0.25) is 0 Å². The van der Waals surface area contributed by atoms with Crippen LogP contribution in [0.4, 0.5) is 11.5 Å². The number of hydrogen-bond acceptors (Lipinski definition) is 6. The fourth-order valence-electron chi connectivity index (χ4n) is 3.05. The Morgan fingerprint density at radius 3 is 2.68 bits per heavy atom. The van der Waals surface area contributed by atoms with Crippen LogP contribution in [-0.4, -0.2) is 34.6 Å². The number of anilines is 2. The smallest absolute Gasteiger partial charge is 0.138 e. The highest BCUT2D eigenvalue weighted by atomic mass is 32.2. The van der Waals surface area contributed by atoms with Crippen molar-refractivity contribution in [2.75, 3.05) is 34.8 Å². The van der Waals surface area contributed by atoms with E-state index in [1.807, 2.05) is 11.8 Å². The molecule has 1 aliphatic rings. The SMILES string of the molecule is CCc1cc2c(NCc3ccc(N4CCSCC4)cc3)ncnc2s1. The van der Waals surface area contributed by atoms with Crippen LogP contribution < -0.4 is 10.2 Å². The van der Waals surface area contributed by atoms with Gasteiger partial charge >= 0.3 is 0 Å². The number of aryl methyl sites for hydroxylation is 1. The first-order valence-corrected chi connectivity index (χ1v) is 10.7. The van der Waals surface area contributed by atoms with Crippen LogP contribution in [0.5, 0.6) is 0 Å². The Morgan fingerprint density at radius 2 is 1.92 bits per heavy atom. The first kappa shape index (κ1) is 16.7. The predicted octanol–water partition coefficient (Wildman–Crippen LogP) is 4.42. The Kier molecular flexibility index (Phi) is 5.08. The molecule has 0 atom stereocenters. The van der Waals surface area contributed by atoms with Gasteiger partial charge in [0.15, 0.2) is 0 Å². The Hall–Kier alpha value is -1.79. The largest absolute Gasteiger partial charge is 0.370 e. The van der Waals surface area contributed by atoms with Crippen molar-refractivity contribution >= 4 is 44.8 Å². The average molecular weight is 371 g/mol. The molecule has 3 aromatic rings. The molecule has 130 valence electrons. The lowest BCUT2D eigenvalue weighted by Gasteiger charge is -2.28. The maximum Gasteiger partial charge on any atom is 0.138 e. The van der Waals surface area contributed by atoms with Gasteiger partial charge < -0.3 is 10.2 Å². The Labute approximate surface area is 156 Å². The van der Waals surface area contributed by atoms with E-state index in [0.717, 1.165) is 42.1 Å². The molecule has 0 aliphatic carbocycles. The van der Waals surface area contributed by atoms with E-state index in [-0.39, 0.29) is 0 Å². The number of thiophene rings is 1. The minimum atomic E-state index is 0.777. The van der Waals surface area contributed by atoms with E-state index in [9.17, 15) is 0 Å². The number of nitrogens with one attached hydrogen (secondary N) is 1. The lowest BCUT2D eigenvalue weighted by molar-refractivity contribution is 0.858. The third kappa shape index (κ3) is 3.75. The molecule has 4 nitrogen and oxygen atoms in total. The van der Waals surface area contributed by atoms with E-state index in [4.69, 9.17) is 0 Å². The molecule has 0 spiro atoms. The van der Waals surface area contributed by atoms with Crippen molar-refractivity contribution in [1.29, 1.82) is 0 Å². The zero-order valence-corrected chi connectivity index (χ0v) is 16.0. The summed E-state index contributed by atoms with van der Waals surface area (Å²) < 4.78 is 0. The van der Waals surface area contributed by atoms with Crippen molar-refractivity contribution in [2.24, 2.45) is 0 Å². The van der Waals surface area contributed by atoms with E-state index in [1.165, 1.54) is 27.6 Å². The van der Waals surface area contributed by atoms with E-state index in [0.29, 0.717) is 0 Å². The van der Waals surface area contributed by atoms with Crippen LogP contribution in [0, 0.1) is 0 Å². The fourth-order valence-corrected chi connectivity index (χ4v) is 4.89. The molecule has 0 amide bonds. The van der Waals surface area contributed by atoms with Gasteiger partial charge in [0.2, 0.25) is 0 Å². The molecular formula is C19H22N4S2. The van der Waals surface area contributed by atoms with E-state index in [2.05, 4.69) is 57.4 Å². The Balaban J connectivity index is 1.45. The highest BCUT2D eigenvalue weighted by Crippen LogP contribution is 2.28. The predicted molar refractivity (Wildman–Crippen MR) is 110 cm³/mol. The van der Waals surface area contributed by atoms with E-state index < -0.39 is 0 Å². The van der Waals surface area contributed by atoms with Crippen molar-refractivity contribution in [3.8, 4) is 0 Å². The van der Waals surface area contributed by atoms with E-state index in [1.54, 1.807) is 17.7 Å². The molecule has 0 unspecified atom stereocenters. The normalized spacial score (nSPS) is 14.8. The van der Waals surface area contributed by atoms with Crippen molar-refractivity contribution in [3.05, 3.63) is 47.1 Å². The third-order valence-electron chi connectivity index (χ3n) is 4.50. The quantitative estimate of drug-likeness (QED) is 0.720. The van der Waals surface area contributed by atoms with Gasteiger partial charge in [0.25, 0.3) is 0 Å². The summed E-state index contributed by atoms with van der Waals surface area (Å²) in [6.45, 7) is 5.26. The maximum absolute atomic E-state index is 4.43. The second kappa shape index (κ2) is 7.62. The number of nitrogens with zero attached hydrogens (tertiary/aromatic N) is 3. The molecule has 1 aromatic carbocycles. The minimum absolute atomic E-state index is 0.777. The summed E-state index contributed by atoms with van der Waals surface area (Å²) in [5.41, 5.74) is 2.60. The number of benzene rings is 1. The number of hydrogen-bond donors (Lipinski definition) is 1. The standard InChI is InChI=1S/C19H22N4S2/c1-2-16-11-17-18(21-13-22-19(17)25-16)20-12-14-3-5-15(6-4-14)23-7-9-24-10-8-23/h3-6,11,13H,2,7-10,12H2,1H3,(H,20,21,22). The molecule has 1 saturated heterocycles. The average Bonchev–Trinajstić information content (AvgIpc) is 3.11. The molecular weight excluding hydrogens is 348 g/mol. The highest BCUT2D eigenvalue weighted by Gasteiger charge is 2.11. The third-order valence-corrected chi connectivity index (χ3v) is 6.63. The summed E-state index contributed by atoms with van der Waals surface area (Å²) >= 11 is 3.80. The van der Waals surface area contributed by atoms with Gasteiger partial charge in [0.05, 0.1) is 5.39 Å². The van der Waals surface area contributed by atoms with Gasteiger partial charge in [-0.15, -0.1) is 11.3 Å². The van der Waals surface area contributed by atoms with Gasteiger partial charge in [0, 0.05) is 41.7 Å². The molecule has 6 heteroatoms. The monoisotopic (exact) mass is 370 g/mol. The van der Waals surface area contributed by atoms with Gasteiger partial charge in [-0.05, 0) is 30.2 Å². The maximum atomic E-state index is 4.43. The van der Waals surface area contributed by atoms with Gasteiger partial charge in [-0.2, -0.15) is 11.8 Å². The minimum Gasteiger partial charge on any atom is -0.370 e. The van der Waals surface area contributed by atoms with Gasteiger partial charge in [-0.3, -0.25) is 0 Å². The first-order chi connectivity index (χ1) is 12.3. The molecule has 1 fully saturated rings. The van der Waals surface area contributed by atoms with Gasteiger partial charge in [-0.1, -0.05) is 19.1 Å².